The van der Waals surface area contributed by atoms with Gasteiger partial charge in [-0.15, -0.1) is 0 Å². The van der Waals surface area contributed by atoms with E-state index in [-0.39, 0.29) is 17.9 Å². The summed E-state index contributed by atoms with van der Waals surface area (Å²) in [6.07, 6.45) is 0.638. The summed E-state index contributed by atoms with van der Waals surface area (Å²) in [5, 5.41) is 5.89. The molecule has 0 bridgehead atoms. The van der Waals surface area contributed by atoms with Gasteiger partial charge in [-0.1, -0.05) is 0 Å². The molecule has 0 aromatic heterocycles. The van der Waals surface area contributed by atoms with Gasteiger partial charge >= 0.3 is 0 Å². The second-order valence-electron chi connectivity index (χ2n) is 4.29. The van der Waals surface area contributed by atoms with Gasteiger partial charge < -0.3 is 20.3 Å². The molecule has 2 amide bonds. The summed E-state index contributed by atoms with van der Waals surface area (Å²) in [6.45, 7) is 2.59. The van der Waals surface area contributed by atoms with Crippen LogP contribution in [-0.2, 0) is 14.3 Å². The molecule has 1 saturated heterocycles. The van der Waals surface area contributed by atoms with Crippen LogP contribution in [0.1, 0.15) is 12.8 Å². The zero-order chi connectivity index (χ0) is 12.7. The first-order valence-electron chi connectivity index (χ1n) is 5.88. The van der Waals surface area contributed by atoms with Gasteiger partial charge in [-0.3, -0.25) is 9.59 Å². The molecule has 0 aromatic rings. The lowest BCUT2D eigenvalue weighted by Gasteiger charge is -2.23. The van der Waals surface area contributed by atoms with Crippen molar-refractivity contribution in [1.82, 2.24) is 15.5 Å². The van der Waals surface area contributed by atoms with Gasteiger partial charge in [0.15, 0.2) is 0 Å². The van der Waals surface area contributed by atoms with E-state index in [0.29, 0.717) is 32.5 Å². The van der Waals surface area contributed by atoms with E-state index >= 15 is 0 Å². The van der Waals surface area contributed by atoms with Crippen molar-refractivity contribution in [2.24, 2.45) is 0 Å². The number of nitrogens with zero attached hydrogens (tertiary/aromatic N) is 1. The number of carbonyl (C=O) groups is 2. The van der Waals surface area contributed by atoms with Crippen molar-refractivity contribution >= 4 is 11.8 Å². The molecule has 6 heteroatoms. The largest absolute Gasteiger partial charge is 0.375 e. The van der Waals surface area contributed by atoms with Crippen molar-refractivity contribution in [1.29, 1.82) is 0 Å². The van der Waals surface area contributed by atoms with Crippen LogP contribution in [0.25, 0.3) is 0 Å². The molecule has 1 aliphatic heterocycles. The Morgan fingerprint density at radius 3 is 2.82 bits per heavy atom. The van der Waals surface area contributed by atoms with Crippen molar-refractivity contribution in [3.63, 3.8) is 0 Å². The fraction of sp³-hybridized carbons (Fsp3) is 0.818. The quantitative estimate of drug-likeness (QED) is 0.647. The number of carbonyl (C=O) groups excluding carboxylic acids is 2. The van der Waals surface area contributed by atoms with E-state index in [9.17, 15) is 9.59 Å². The molecule has 0 aromatic carbocycles. The summed E-state index contributed by atoms with van der Waals surface area (Å²) in [5.74, 6) is -0.0499. The van der Waals surface area contributed by atoms with Crippen molar-refractivity contribution < 1.29 is 14.3 Å². The van der Waals surface area contributed by atoms with Crippen LogP contribution in [-0.4, -0.2) is 63.2 Å². The average Bonchev–Trinajstić information content (AvgIpc) is 2.30. The Morgan fingerprint density at radius 1 is 1.47 bits per heavy atom. The molecule has 6 nitrogen and oxygen atoms in total. The molecule has 17 heavy (non-hydrogen) atoms. The lowest BCUT2D eigenvalue weighted by atomic mass is 10.2. The fourth-order valence-corrected chi connectivity index (χ4v) is 1.56. The minimum atomic E-state index is -0.0646. The van der Waals surface area contributed by atoms with Crippen LogP contribution in [0.15, 0.2) is 0 Å². The minimum Gasteiger partial charge on any atom is -0.375 e. The zero-order valence-electron chi connectivity index (χ0n) is 10.5. The highest BCUT2D eigenvalue weighted by molar-refractivity contribution is 5.79. The molecule has 0 radical (unpaired) electrons. The third-order valence-corrected chi connectivity index (χ3v) is 2.58. The highest BCUT2D eigenvalue weighted by Gasteiger charge is 2.17. The van der Waals surface area contributed by atoms with Gasteiger partial charge in [0.2, 0.25) is 11.8 Å². The Balaban J connectivity index is 2.10. The van der Waals surface area contributed by atoms with Crippen molar-refractivity contribution in [3.05, 3.63) is 0 Å². The number of amides is 2. The van der Waals surface area contributed by atoms with Gasteiger partial charge in [-0.25, -0.2) is 0 Å². The van der Waals surface area contributed by atoms with Crippen molar-refractivity contribution in [2.45, 2.75) is 18.9 Å². The van der Waals surface area contributed by atoms with Crippen molar-refractivity contribution in [3.8, 4) is 0 Å². The number of rotatable bonds is 5. The third-order valence-electron chi connectivity index (χ3n) is 2.58. The molecule has 98 valence electrons. The molecule has 2 N–H and O–H groups in total. The summed E-state index contributed by atoms with van der Waals surface area (Å²) in [4.78, 5) is 24.3. The van der Waals surface area contributed by atoms with E-state index < -0.39 is 0 Å². The molecule has 0 aliphatic carbocycles. The lowest BCUT2D eigenvalue weighted by Crippen LogP contribution is -2.41. The molecule has 0 saturated carbocycles. The summed E-state index contributed by atoms with van der Waals surface area (Å²) in [6, 6.07) is 0. The molecular weight excluding hydrogens is 222 g/mol. The first-order chi connectivity index (χ1) is 8.09. The topological polar surface area (TPSA) is 70.7 Å². The number of hydrogen-bond donors (Lipinski definition) is 2. The Bertz CT molecular complexity index is 263. The number of nitrogens with one attached hydrogen (secondary N) is 2. The number of hydrogen-bond acceptors (Lipinski definition) is 4. The highest BCUT2D eigenvalue weighted by atomic mass is 16.5. The SMILES string of the molecule is CN(C)C(=O)CCNC(=O)CC1CNCCO1. The maximum Gasteiger partial charge on any atom is 0.223 e. The van der Waals surface area contributed by atoms with Crippen LogP contribution in [0.4, 0.5) is 0 Å². The van der Waals surface area contributed by atoms with E-state index in [1.807, 2.05) is 0 Å². The Kier molecular flexibility index (Phi) is 5.93. The standard InChI is InChI=1S/C11H21N3O3/c1-14(2)11(16)3-4-13-10(15)7-9-8-12-5-6-17-9/h9,12H,3-8H2,1-2H3,(H,13,15). The lowest BCUT2D eigenvalue weighted by molar-refractivity contribution is -0.128. The summed E-state index contributed by atoms with van der Waals surface area (Å²) in [5.41, 5.74) is 0. The summed E-state index contributed by atoms with van der Waals surface area (Å²) in [7, 11) is 3.40. The molecule has 0 spiro atoms. The molecule has 1 fully saturated rings. The van der Waals surface area contributed by atoms with Gasteiger partial charge in [0, 0.05) is 40.2 Å². The molecule has 1 atom stereocenters. The van der Waals surface area contributed by atoms with Gasteiger partial charge in [-0.05, 0) is 0 Å². The van der Waals surface area contributed by atoms with Crippen LogP contribution in [0, 0.1) is 0 Å². The van der Waals surface area contributed by atoms with E-state index in [2.05, 4.69) is 10.6 Å². The van der Waals surface area contributed by atoms with Gasteiger partial charge in [0.05, 0.1) is 19.1 Å². The summed E-state index contributed by atoms with van der Waals surface area (Å²) < 4.78 is 5.42. The Hall–Kier alpha value is -1.14. The molecular formula is C11H21N3O3. The fourth-order valence-electron chi connectivity index (χ4n) is 1.56. The van der Waals surface area contributed by atoms with E-state index in [1.165, 1.54) is 4.90 Å². The van der Waals surface area contributed by atoms with Crippen LogP contribution in [0.2, 0.25) is 0 Å². The molecule has 1 aliphatic rings. The van der Waals surface area contributed by atoms with Crippen LogP contribution >= 0.6 is 0 Å². The van der Waals surface area contributed by atoms with Gasteiger partial charge in [0.25, 0.3) is 0 Å². The van der Waals surface area contributed by atoms with Gasteiger partial charge in [-0.2, -0.15) is 0 Å². The van der Waals surface area contributed by atoms with Crippen LogP contribution < -0.4 is 10.6 Å². The van der Waals surface area contributed by atoms with E-state index in [1.54, 1.807) is 14.1 Å². The Labute approximate surface area is 102 Å². The maximum absolute atomic E-state index is 11.5. The highest BCUT2D eigenvalue weighted by Crippen LogP contribution is 2.00. The number of ether oxygens (including phenoxy) is 1. The van der Waals surface area contributed by atoms with Crippen LogP contribution in [0.3, 0.4) is 0 Å². The maximum atomic E-state index is 11.5. The minimum absolute atomic E-state index is 0.0147. The van der Waals surface area contributed by atoms with E-state index in [0.717, 1.165) is 6.54 Å². The smallest absolute Gasteiger partial charge is 0.223 e. The van der Waals surface area contributed by atoms with Crippen LogP contribution in [0.5, 0.6) is 0 Å². The first kappa shape index (κ1) is 13.9. The van der Waals surface area contributed by atoms with E-state index in [4.69, 9.17) is 4.74 Å². The second-order valence-corrected chi connectivity index (χ2v) is 4.29. The third kappa shape index (κ3) is 5.65. The predicted octanol–water partition coefficient (Wildman–Crippen LogP) is -1.04. The summed E-state index contributed by atoms with van der Waals surface area (Å²) >= 11 is 0. The predicted molar refractivity (Wildman–Crippen MR) is 63.5 cm³/mol. The monoisotopic (exact) mass is 243 g/mol. The first-order valence-corrected chi connectivity index (χ1v) is 5.88. The molecule has 1 heterocycles. The Morgan fingerprint density at radius 2 is 2.24 bits per heavy atom. The molecule has 1 unspecified atom stereocenters. The normalized spacial score (nSPS) is 19.8. The molecule has 1 rings (SSSR count). The second kappa shape index (κ2) is 7.24. The van der Waals surface area contributed by atoms with Crippen molar-refractivity contribution in [2.75, 3.05) is 40.3 Å². The number of morpholine rings is 1. The average molecular weight is 243 g/mol. The zero-order valence-corrected chi connectivity index (χ0v) is 10.5. The van der Waals surface area contributed by atoms with Gasteiger partial charge in [0.1, 0.15) is 0 Å².